The monoisotopic (exact) mass is 237 g/mol. The lowest BCUT2D eigenvalue weighted by molar-refractivity contribution is 0.383. The first-order valence-corrected chi connectivity index (χ1v) is 5.45. The van der Waals surface area contributed by atoms with Crippen LogP contribution in [-0.2, 0) is 6.42 Å². The summed E-state index contributed by atoms with van der Waals surface area (Å²) in [6, 6.07) is 0. The van der Waals surface area contributed by atoms with Crippen molar-refractivity contribution in [1.29, 1.82) is 0 Å². The Bertz CT molecular complexity index is 406. The molecule has 94 valence electrons. The summed E-state index contributed by atoms with van der Waals surface area (Å²) < 4.78 is 5.16. The second-order valence-corrected chi connectivity index (χ2v) is 4.09. The zero-order valence-electron chi connectivity index (χ0n) is 11.0. The van der Waals surface area contributed by atoms with Gasteiger partial charge in [0.15, 0.2) is 0 Å². The molecule has 0 spiro atoms. The fourth-order valence-electron chi connectivity index (χ4n) is 1.21. The number of nitrogens with zero attached hydrogens (tertiary/aromatic N) is 5. The Morgan fingerprint density at radius 3 is 2.53 bits per heavy atom. The lowest BCUT2D eigenvalue weighted by Gasteiger charge is -2.08. The molecular weight excluding hydrogens is 218 g/mol. The number of aliphatic imine (C=N–C) groups is 1. The van der Waals surface area contributed by atoms with Gasteiger partial charge >= 0.3 is 0 Å². The zero-order valence-corrected chi connectivity index (χ0v) is 11.0. The van der Waals surface area contributed by atoms with Crippen molar-refractivity contribution in [3.8, 4) is 0 Å². The first-order chi connectivity index (χ1) is 8.04. The van der Waals surface area contributed by atoms with Crippen molar-refractivity contribution in [1.82, 2.24) is 20.2 Å². The van der Waals surface area contributed by atoms with Crippen LogP contribution in [0.3, 0.4) is 0 Å². The van der Waals surface area contributed by atoms with Crippen molar-refractivity contribution < 1.29 is 4.52 Å². The smallest absolute Gasteiger partial charge is 0.210 e. The molecule has 1 aromatic heterocycles. The molecule has 0 amide bonds. The number of hydrogen-bond acceptors (Lipinski definition) is 5. The van der Waals surface area contributed by atoms with Crippen LogP contribution >= 0.6 is 0 Å². The zero-order chi connectivity index (χ0) is 12.8. The summed E-state index contributed by atoms with van der Waals surface area (Å²) in [6.45, 7) is 2.01. The second-order valence-electron chi connectivity index (χ2n) is 4.09. The van der Waals surface area contributed by atoms with Crippen LogP contribution in [0.2, 0.25) is 0 Å². The maximum Gasteiger partial charge on any atom is 0.210 e. The molecule has 0 N–H and O–H groups in total. The lowest BCUT2D eigenvalue weighted by Crippen LogP contribution is -2.09. The van der Waals surface area contributed by atoms with Gasteiger partial charge < -0.3 is 14.3 Å². The van der Waals surface area contributed by atoms with E-state index in [1.54, 1.807) is 6.34 Å². The van der Waals surface area contributed by atoms with Crippen molar-refractivity contribution in [2.24, 2.45) is 4.99 Å². The average Bonchev–Trinajstić information content (AvgIpc) is 2.71. The molecule has 0 aliphatic heterocycles. The van der Waals surface area contributed by atoms with Gasteiger partial charge in [-0.2, -0.15) is 0 Å². The van der Waals surface area contributed by atoms with Crippen LogP contribution in [0.1, 0.15) is 18.4 Å². The van der Waals surface area contributed by atoms with Crippen molar-refractivity contribution in [3.05, 3.63) is 17.7 Å². The van der Waals surface area contributed by atoms with E-state index in [1.807, 2.05) is 51.1 Å². The van der Waals surface area contributed by atoms with Crippen molar-refractivity contribution in [2.75, 3.05) is 28.2 Å². The van der Waals surface area contributed by atoms with Crippen LogP contribution in [-0.4, -0.2) is 54.7 Å². The van der Waals surface area contributed by atoms with E-state index < -0.39 is 0 Å². The van der Waals surface area contributed by atoms with E-state index >= 15 is 0 Å². The number of aromatic nitrogens is 2. The van der Waals surface area contributed by atoms with Gasteiger partial charge in [-0.25, -0.2) is 4.99 Å². The van der Waals surface area contributed by atoms with Gasteiger partial charge in [-0.1, -0.05) is 6.92 Å². The summed E-state index contributed by atoms with van der Waals surface area (Å²) in [6.07, 6.45) is 4.36. The summed E-state index contributed by atoms with van der Waals surface area (Å²) in [5.74, 6) is 0.624. The van der Waals surface area contributed by atoms with E-state index in [9.17, 15) is 0 Å². The molecular formula is C11H19N5O. The summed E-state index contributed by atoms with van der Waals surface area (Å²) >= 11 is 0. The fourth-order valence-corrected chi connectivity index (χ4v) is 1.21. The topological polar surface area (TPSA) is 57.8 Å². The molecule has 17 heavy (non-hydrogen) atoms. The van der Waals surface area contributed by atoms with E-state index in [4.69, 9.17) is 4.52 Å². The Morgan fingerprint density at radius 1 is 1.29 bits per heavy atom. The molecule has 0 atom stereocenters. The molecule has 0 aliphatic carbocycles. The minimum absolute atomic E-state index is 0.624. The summed E-state index contributed by atoms with van der Waals surface area (Å²) in [5, 5.41) is 7.50. The minimum atomic E-state index is 0.624. The Morgan fingerprint density at radius 2 is 2.00 bits per heavy atom. The average molecular weight is 237 g/mol. The first kappa shape index (κ1) is 13.2. The van der Waals surface area contributed by atoms with Crippen molar-refractivity contribution >= 4 is 12.0 Å². The highest BCUT2D eigenvalue weighted by molar-refractivity contribution is 5.70. The van der Waals surface area contributed by atoms with E-state index in [0.29, 0.717) is 11.5 Å². The van der Waals surface area contributed by atoms with Crippen LogP contribution in [0.25, 0.3) is 5.70 Å². The largest absolute Gasteiger partial charge is 0.382 e. The predicted molar refractivity (Wildman–Crippen MR) is 67.5 cm³/mol. The molecule has 0 fully saturated rings. The molecule has 0 saturated carbocycles. The summed E-state index contributed by atoms with van der Waals surface area (Å²) in [4.78, 5) is 8.13. The van der Waals surface area contributed by atoms with E-state index in [0.717, 1.165) is 12.1 Å². The van der Waals surface area contributed by atoms with Gasteiger partial charge in [0, 0.05) is 39.7 Å². The fraction of sp³-hybridized carbons (Fsp3) is 0.545. The Hall–Kier alpha value is -1.85. The van der Waals surface area contributed by atoms with Crippen LogP contribution < -0.4 is 0 Å². The number of hydrogen-bond donors (Lipinski definition) is 0. The molecule has 0 aliphatic rings. The van der Waals surface area contributed by atoms with Gasteiger partial charge in [0.2, 0.25) is 5.76 Å². The Labute approximate surface area is 102 Å². The van der Waals surface area contributed by atoms with E-state index in [1.165, 1.54) is 0 Å². The van der Waals surface area contributed by atoms with Gasteiger partial charge in [0.05, 0.1) is 6.34 Å². The first-order valence-electron chi connectivity index (χ1n) is 5.45. The van der Waals surface area contributed by atoms with Gasteiger partial charge in [-0.15, -0.1) is 5.10 Å². The van der Waals surface area contributed by atoms with Crippen LogP contribution in [0.5, 0.6) is 0 Å². The molecule has 6 nitrogen and oxygen atoms in total. The molecule has 0 bridgehead atoms. The Balaban J connectivity index is 3.07. The standard InChI is InChI=1S/C11H19N5O/c1-6-9-11(17-14-13-9)10(7-15(2)3)12-8-16(4)5/h7-8H,6H2,1-5H3/b10-7-,12-8?. The maximum absolute atomic E-state index is 5.16. The van der Waals surface area contributed by atoms with Gasteiger partial charge in [-0.3, -0.25) is 0 Å². The third-order valence-electron chi connectivity index (χ3n) is 1.93. The third kappa shape index (κ3) is 3.90. The molecule has 0 aromatic carbocycles. The second kappa shape index (κ2) is 6.03. The van der Waals surface area contributed by atoms with Crippen LogP contribution in [0.15, 0.2) is 15.7 Å². The van der Waals surface area contributed by atoms with Crippen LogP contribution in [0, 0.1) is 0 Å². The maximum atomic E-state index is 5.16. The molecule has 1 rings (SSSR count). The molecule has 0 saturated heterocycles. The predicted octanol–water partition coefficient (Wildman–Crippen LogP) is 1.08. The summed E-state index contributed by atoms with van der Waals surface area (Å²) in [5.41, 5.74) is 1.53. The minimum Gasteiger partial charge on any atom is -0.382 e. The highest BCUT2D eigenvalue weighted by Gasteiger charge is 2.13. The number of rotatable bonds is 5. The molecule has 1 aromatic rings. The van der Waals surface area contributed by atoms with Crippen molar-refractivity contribution in [2.45, 2.75) is 13.3 Å². The van der Waals surface area contributed by atoms with Gasteiger partial charge in [0.25, 0.3) is 0 Å². The van der Waals surface area contributed by atoms with E-state index in [-0.39, 0.29) is 0 Å². The van der Waals surface area contributed by atoms with E-state index in [2.05, 4.69) is 15.4 Å². The van der Waals surface area contributed by atoms with Gasteiger partial charge in [-0.05, 0) is 6.42 Å². The molecule has 0 unspecified atom stereocenters. The highest BCUT2D eigenvalue weighted by Crippen LogP contribution is 2.19. The quantitative estimate of drug-likeness (QED) is 0.566. The Kier molecular flexibility index (Phi) is 4.68. The third-order valence-corrected chi connectivity index (χ3v) is 1.93. The summed E-state index contributed by atoms with van der Waals surface area (Å²) in [7, 11) is 7.69. The normalized spacial score (nSPS) is 12.2. The van der Waals surface area contributed by atoms with Crippen LogP contribution in [0.4, 0.5) is 0 Å². The van der Waals surface area contributed by atoms with Gasteiger partial charge in [0.1, 0.15) is 11.4 Å². The molecule has 1 heterocycles. The molecule has 0 radical (unpaired) electrons. The number of aryl methyl sites for hydroxylation is 1. The SMILES string of the molecule is CCc1nnoc1/C(=C/N(C)C)N=CN(C)C. The highest BCUT2D eigenvalue weighted by atomic mass is 16.5. The lowest BCUT2D eigenvalue weighted by atomic mass is 10.2. The van der Waals surface area contributed by atoms with Crippen molar-refractivity contribution in [3.63, 3.8) is 0 Å². The molecule has 6 heteroatoms.